The van der Waals surface area contributed by atoms with E-state index in [4.69, 9.17) is 14.2 Å². The Morgan fingerprint density at radius 3 is 1.04 bits per heavy atom. The van der Waals surface area contributed by atoms with Crippen LogP contribution in [0, 0.1) is 0 Å². The standard InChI is InChI=1S/C40H44N4O4.C39H44N4O4.C37H44N4O4/c1-43-36(21-20-29-12-4-2-5-13-29)39(46)42-35(38(45)41-28-30-14-6-3-7-15-30)26-31-16-10-18-33(24-31)48-34-19-11-17-32(25-34)27-37(40(43)47)44-22-8-9-23-44;1-3-43(4-2)36-26-31-18-12-20-33(24-31)47-32-19-11-17-30(23-32)25-35(37(44)40-27-29-15-9-6-10-16-29)42-38(45)34(41-39(36)46)22-21-28-13-7-5-8-14-28;42-35-32(19-18-26-10-2-1-3-11-26)39-37(44)34(41-20-6-7-21-41)25-28-13-9-17-31(23-28)45-30-16-8-12-27(22-30)24-33(40-35)36(43)38-29-14-4-5-15-29/h2-7,10-19,24-25,35-37H,8-9,20-23,26-28H2,1H3,(H,41,45)(H,42,46);5-20,23-24,34-36H,3-4,21-22,25-27H2,1-2H3,(H,40,44)(H,41,46)(H,42,45);1-3,8-13,16-17,22-23,29,32-34H,4-7,14-15,18-21,24-25H2,(H,38,43)(H,39,44)(H,40,42)/t35-,36-,37-;34-,35-,36-;32-,33-,34-/m000/s1. The summed E-state index contributed by atoms with van der Waals surface area (Å²) in [6, 6.07) is 89.4. The van der Waals surface area contributed by atoms with Crippen LogP contribution in [0.15, 0.2) is 297 Å². The van der Waals surface area contributed by atoms with Crippen molar-refractivity contribution in [1.82, 2.24) is 62.1 Å². The molecule has 0 spiro atoms. The molecule has 24 heteroatoms. The number of ether oxygens (including phenoxy) is 3. The first-order chi connectivity index (χ1) is 68.3. The number of nitrogens with zero attached hydrogens (tertiary/aromatic N) is 4. The second kappa shape index (κ2) is 51.0. The highest BCUT2D eigenvalue weighted by molar-refractivity contribution is 5.96. The lowest BCUT2D eigenvalue weighted by Gasteiger charge is -2.35. The van der Waals surface area contributed by atoms with Gasteiger partial charge in [-0.05, 0) is 270 Å². The van der Waals surface area contributed by atoms with Crippen molar-refractivity contribution in [2.75, 3.05) is 46.3 Å². The summed E-state index contributed by atoms with van der Waals surface area (Å²) in [5, 5.41) is 24.6. The summed E-state index contributed by atoms with van der Waals surface area (Å²) in [7, 11) is 1.73. The van der Waals surface area contributed by atoms with Crippen LogP contribution >= 0.6 is 0 Å². The van der Waals surface area contributed by atoms with E-state index >= 15 is 0 Å². The average Bonchev–Trinajstić information content (AvgIpc) is 1.30. The first kappa shape index (κ1) is 100. The molecule has 2 saturated heterocycles. The van der Waals surface area contributed by atoms with E-state index in [1.807, 2.05) is 311 Å². The fourth-order valence-electron chi connectivity index (χ4n) is 19.6. The highest BCUT2D eigenvalue weighted by Crippen LogP contribution is 2.32. The predicted molar refractivity (Wildman–Crippen MR) is 544 cm³/mol. The molecule has 140 heavy (non-hydrogen) atoms. The molecule has 1 saturated carbocycles. The molecule has 728 valence electrons. The third-order valence-electron chi connectivity index (χ3n) is 27.3. The minimum absolute atomic E-state index is 0.0983. The molecule has 8 N–H and O–H groups in total. The second-order valence-electron chi connectivity index (χ2n) is 37.4. The molecule has 0 radical (unpaired) electrons. The molecular formula is C116H132N12O12. The average molecular weight is 1890 g/mol. The van der Waals surface area contributed by atoms with Crippen LogP contribution in [-0.2, 0) is 114 Å². The number of nitrogens with one attached hydrogen (secondary N) is 8. The summed E-state index contributed by atoms with van der Waals surface area (Å²) in [6.07, 6.45) is 13.5. The topological polar surface area (TPSA) is 291 Å². The smallest absolute Gasteiger partial charge is 0.243 e. The van der Waals surface area contributed by atoms with Crippen LogP contribution in [0.2, 0.25) is 0 Å². The molecule has 5 heterocycles. The normalized spacial score (nSPS) is 20.7. The molecule has 12 bridgehead atoms. The number of carbonyl (C=O) groups excluding carboxylic acids is 9. The van der Waals surface area contributed by atoms with Gasteiger partial charge in [-0.1, -0.05) is 251 Å². The molecule has 9 atom stereocenters. The first-order valence-corrected chi connectivity index (χ1v) is 50.0. The van der Waals surface area contributed by atoms with E-state index in [0.717, 1.165) is 139 Å². The molecule has 6 aliphatic rings. The number of rotatable bonds is 22. The van der Waals surface area contributed by atoms with Gasteiger partial charge in [-0.15, -0.1) is 0 Å². The van der Waals surface area contributed by atoms with Crippen molar-refractivity contribution < 1.29 is 57.4 Å². The Labute approximate surface area is 822 Å². The van der Waals surface area contributed by atoms with Gasteiger partial charge in [0, 0.05) is 45.4 Å². The Hall–Kier alpha value is -14.1. The van der Waals surface area contributed by atoms with Crippen LogP contribution in [-0.4, -0.2) is 179 Å². The molecule has 0 aromatic heterocycles. The van der Waals surface area contributed by atoms with Gasteiger partial charge in [0.25, 0.3) is 0 Å². The van der Waals surface area contributed by atoms with Crippen LogP contribution < -0.4 is 56.7 Å². The molecular weight excluding hydrogens is 1750 g/mol. The number of likely N-dealkylation sites (tertiary alicyclic amines) is 2. The van der Waals surface area contributed by atoms with Gasteiger partial charge in [0.2, 0.25) is 53.2 Å². The van der Waals surface area contributed by atoms with Crippen molar-refractivity contribution in [3.63, 3.8) is 0 Å². The van der Waals surface area contributed by atoms with Gasteiger partial charge in [-0.25, -0.2) is 0 Å². The minimum atomic E-state index is -0.882. The fourth-order valence-corrected chi connectivity index (χ4v) is 19.6. The van der Waals surface area contributed by atoms with Crippen LogP contribution in [0.3, 0.4) is 0 Å². The van der Waals surface area contributed by atoms with Crippen molar-refractivity contribution in [2.45, 2.75) is 216 Å². The van der Waals surface area contributed by atoms with Gasteiger partial charge in [0.15, 0.2) is 0 Å². The Bertz CT molecular complexity index is 5920. The highest BCUT2D eigenvalue weighted by atomic mass is 16.5. The lowest BCUT2D eigenvalue weighted by atomic mass is 9.99. The van der Waals surface area contributed by atoms with Crippen molar-refractivity contribution in [2.24, 2.45) is 0 Å². The molecule has 1 aliphatic carbocycles. The van der Waals surface area contributed by atoms with Crippen LogP contribution in [0.5, 0.6) is 34.5 Å². The molecule has 11 aromatic rings. The van der Waals surface area contributed by atoms with E-state index in [1.54, 1.807) is 11.9 Å². The fraction of sp³-hybridized carbons (Fsp3) is 0.353. The molecule has 9 amide bonds. The van der Waals surface area contributed by atoms with Gasteiger partial charge < -0.3 is 61.6 Å². The number of fused-ring (bicyclic) bond motifs is 12. The van der Waals surface area contributed by atoms with Crippen LogP contribution in [0.25, 0.3) is 0 Å². The zero-order valence-electron chi connectivity index (χ0n) is 80.6. The number of carbonyl (C=O) groups is 9. The van der Waals surface area contributed by atoms with E-state index in [1.165, 1.54) is 0 Å². The maximum Gasteiger partial charge on any atom is 0.243 e. The molecule has 0 unspecified atom stereocenters. The molecule has 3 fully saturated rings. The monoisotopic (exact) mass is 1890 g/mol. The summed E-state index contributed by atoms with van der Waals surface area (Å²) in [5.74, 6) is 1.60. The molecule has 24 nitrogen and oxygen atoms in total. The summed E-state index contributed by atoms with van der Waals surface area (Å²) in [4.78, 5) is 135. The summed E-state index contributed by atoms with van der Waals surface area (Å²) >= 11 is 0. The number of amides is 9. The van der Waals surface area contributed by atoms with Gasteiger partial charge in [-0.3, -0.25) is 57.9 Å². The lowest BCUT2D eigenvalue weighted by Crippen LogP contribution is -2.57. The van der Waals surface area contributed by atoms with Crippen molar-refractivity contribution >= 4 is 53.2 Å². The third-order valence-corrected chi connectivity index (χ3v) is 27.3. The SMILES string of the molecule is CCN(CC)[C@H]1Cc2cccc(c2)Oc2cccc(c2)C[C@@H](C(=O)NCc2ccccc2)NC(=O)[C@H](CCc2ccccc2)NC1=O.CN1C(=O)[C@@H](N2CCCC2)Cc2cccc(c2)Oc2cccc(c2)C[C@@H](C(=O)NCc2ccccc2)NC(=O)[C@@H]1CCc1ccccc1.O=C(NC1CCCC1)[C@@H]1Cc2cccc(c2)Oc2cccc(c2)C[C@H](N2CCCC2)C(=O)N[C@@H](CCc2ccccc2)C(=O)N1. The zero-order valence-corrected chi connectivity index (χ0v) is 80.6. The van der Waals surface area contributed by atoms with Gasteiger partial charge >= 0.3 is 0 Å². The number of hydrogen-bond donors (Lipinski definition) is 8. The zero-order chi connectivity index (χ0) is 97.3. The summed E-state index contributed by atoms with van der Waals surface area (Å²) < 4.78 is 18.8. The Kier molecular flexibility index (Phi) is 36.6. The van der Waals surface area contributed by atoms with E-state index in [9.17, 15) is 43.2 Å². The minimum Gasteiger partial charge on any atom is -0.457 e. The molecule has 5 aliphatic heterocycles. The maximum absolute atomic E-state index is 14.5. The third kappa shape index (κ3) is 29.5. The number of benzene rings is 11. The van der Waals surface area contributed by atoms with Gasteiger partial charge in [-0.2, -0.15) is 0 Å². The number of aryl methyl sites for hydroxylation is 3. The number of hydrogen-bond acceptors (Lipinski definition) is 15. The van der Waals surface area contributed by atoms with E-state index in [2.05, 4.69) is 57.2 Å². The highest BCUT2D eigenvalue weighted by Gasteiger charge is 2.40. The van der Waals surface area contributed by atoms with Crippen LogP contribution in [0.4, 0.5) is 0 Å². The van der Waals surface area contributed by atoms with Crippen molar-refractivity contribution in [3.05, 3.63) is 358 Å². The number of likely N-dealkylation sites (N-methyl/N-ethyl adjacent to an activating group) is 2. The van der Waals surface area contributed by atoms with E-state index < -0.39 is 60.3 Å². The summed E-state index contributed by atoms with van der Waals surface area (Å²) in [6.45, 7) is 9.39. The van der Waals surface area contributed by atoms with E-state index in [0.29, 0.717) is 125 Å². The van der Waals surface area contributed by atoms with Crippen molar-refractivity contribution in [1.29, 1.82) is 0 Å². The van der Waals surface area contributed by atoms with Gasteiger partial charge in [0.05, 0.1) is 18.1 Å². The largest absolute Gasteiger partial charge is 0.457 e. The van der Waals surface area contributed by atoms with E-state index in [-0.39, 0.29) is 66.1 Å². The van der Waals surface area contributed by atoms with Crippen molar-refractivity contribution in [3.8, 4) is 34.5 Å². The first-order valence-electron chi connectivity index (χ1n) is 50.0. The Morgan fingerprint density at radius 1 is 0.336 bits per heavy atom. The summed E-state index contributed by atoms with van der Waals surface area (Å²) in [5.41, 5.74) is 10.6. The maximum atomic E-state index is 14.5. The second-order valence-corrected chi connectivity index (χ2v) is 37.4. The quantitative estimate of drug-likeness (QED) is 0.0313. The lowest BCUT2D eigenvalue weighted by molar-refractivity contribution is -0.143. The Morgan fingerprint density at radius 2 is 0.657 bits per heavy atom. The Balaban J connectivity index is 0.000000159. The molecule has 11 aromatic carbocycles. The predicted octanol–water partition coefficient (Wildman–Crippen LogP) is 15.2. The molecule has 17 rings (SSSR count). The van der Waals surface area contributed by atoms with Gasteiger partial charge in [0.1, 0.15) is 70.7 Å². The van der Waals surface area contributed by atoms with Crippen LogP contribution in [0.1, 0.15) is 146 Å².